The molecule has 0 aliphatic carbocycles. The lowest BCUT2D eigenvalue weighted by Crippen LogP contribution is -2.35. The van der Waals surface area contributed by atoms with E-state index in [0.29, 0.717) is 6.42 Å². The molecule has 4 nitrogen and oxygen atoms in total. The number of rotatable bonds is 4. The Balaban J connectivity index is 3.57. The summed E-state index contributed by atoms with van der Waals surface area (Å²) in [6.45, 7) is 3.74. The van der Waals surface area contributed by atoms with Crippen molar-refractivity contribution in [3.63, 3.8) is 0 Å². The first kappa shape index (κ1) is 18.8. The van der Waals surface area contributed by atoms with Gasteiger partial charge in [-0.05, 0) is 19.4 Å². The van der Waals surface area contributed by atoms with Gasteiger partial charge in [0.05, 0.1) is 20.6 Å². The van der Waals surface area contributed by atoms with Gasteiger partial charge in [-0.25, -0.2) is 8.42 Å². The molecule has 1 aromatic rings. The zero-order valence-electron chi connectivity index (χ0n) is 11.5. The number of carbonyl (C=O) groups excluding carboxylic acids is 1. The molecule has 0 aliphatic rings. The van der Waals surface area contributed by atoms with Crippen LogP contribution in [0.2, 0.25) is 15.1 Å². The summed E-state index contributed by atoms with van der Waals surface area (Å²) in [6, 6.07) is 0.939. The third-order valence-electron chi connectivity index (χ3n) is 3.17. The minimum Gasteiger partial charge on any atom is -0.339 e. The molecule has 1 unspecified atom stereocenters. The Hall–Kier alpha value is -0.200. The van der Waals surface area contributed by atoms with E-state index in [1.54, 1.807) is 7.05 Å². The lowest BCUT2D eigenvalue weighted by Gasteiger charge is -2.25. The number of hydrogen-bond acceptors (Lipinski definition) is 3. The number of amides is 1. The van der Waals surface area contributed by atoms with Crippen LogP contribution in [-0.2, 0) is 9.05 Å². The first-order valence-electron chi connectivity index (χ1n) is 5.91. The van der Waals surface area contributed by atoms with E-state index >= 15 is 0 Å². The molecule has 0 bridgehead atoms. The Morgan fingerprint density at radius 1 is 1.29 bits per heavy atom. The lowest BCUT2D eigenvalue weighted by molar-refractivity contribution is 0.0740. The fourth-order valence-corrected chi connectivity index (χ4v) is 3.74. The molecule has 0 radical (unpaired) electrons. The van der Waals surface area contributed by atoms with Crippen molar-refractivity contribution in [3.8, 4) is 0 Å². The average Bonchev–Trinajstić information content (AvgIpc) is 2.39. The predicted molar refractivity (Wildman–Crippen MR) is 86.4 cm³/mol. The molecule has 0 N–H and O–H groups in total. The van der Waals surface area contributed by atoms with Gasteiger partial charge in [0, 0.05) is 23.8 Å². The quantitative estimate of drug-likeness (QED) is 0.561. The Morgan fingerprint density at radius 3 is 2.24 bits per heavy atom. The Bertz CT molecular complexity index is 676. The van der Waals surface area contributed by atoms with E-state index in [-0.39, 0.29) is 26.7 Å². The predicted octanol–water partition coefficient (Wildman–Crippen LogP) is 4.44. The van der Waals surface area contributed by atoms with Crippen LogP contribution in [0.25, 0.3) is 0 Å². The van der Waals surface area contributed by atoms with E-state index in [2.05, 4.69) is 0 Å². The van der Waals surface area contributed by atoms with Crippen molar-refractivity contribution in [1.82, 2.24) is 4.90 Å². The largest absolute Gasteiger partial charge is 0.339 e. The summed E-state index contributed by atoms with van der Waals surface area (Å²) in [4.78, 5) is 13.4. The molecule has 21 heavy (non-hydrogen) atoms. The molecule has 1 rings (SSSR count). The normalized spacial score (nSPS) is 13.1. The maximum Gasteiger partial charge on any atom is 0.262 e. The van der Waals surface area contributed by atoms with E-state index in [0.717, 1.165) is 6.07 Å². The fourth-order valence-electron chi connectivity index (χ4n) is 1.60. The lowest BCUT2D eigenvalue weighted by atomic mass is 10.1. The summed E-state index contributed by atoms with van der Waals surface area (Å²) >= 11 is 17.9. The topological polar surface area (TPSA) is 54.5 Å². The molecule has 0 saturated heterocycles. The number of carbonyl (C=O) groups is 1. The highest BCUT2D eigenvalue weighted by Crippen LogP contribution is 2.38. The van der Waals surface area contributed by atoms with E-state index < -0.39 is 19.9 Å². The number of hydrogen-bond donors (Lipinski definition) is 0. The van der Waals surface area contributed by atoms with Crippen molar-refractivity contribution in [2.45, 2.75) is 31.2 Å². The maximum atomic E-state index is 12.5. The number of halogens is 4. The van der Waals surface area contributed by atoms with Gasteiger partial charge in [-0.15, -0.1) is 0 Å². The van der Waals surface area contributed by atoms with Gasteiger partial charge in [0.2, 0.25) is 0 Å². The SMILES string of the molecule is CCC(C)N(C)C(=O)c1c(Cl)c(Cl)cc(S(=O)(=O)Cl)c1Cl. The zero-order valence-corrected chi connectivity index (χ0v) is 15.3. The third kappa shape index (κ3) is 3.96. The molecule has 118 valence electrons. The van der Waals surface area contributed by atoms with Crippen LogP contribution >= 0.6 is 45.5 Å². The van der Waals surface area contributed by atoms with Crippen LogP contribution in [0.1, 0.15) is 30.6 Å². The maximum absolute atomic E-state index is 12.5. The fraction of sp³-hybridized carbons (Fsp3) is 0.417. The van der Waals surface area contributed by atoms with Gasteiger partial charge in [0.15, 0.2) is 0 Å². The highest BCUT2D eigenvalue weighted by molar-refractivity contribution is 8.13. The summed E-state index contributed by atoms with van der Waals surface area (Å²) in [5.41, 5.74) is -0.173. The second-order valence-corrected chi connectivity index (χ2v) is 8.17. The number of benzene rings is 1. The Labute approximate surface area is 143 Å². The second-order valence-electron chi connectivity index (χ2n) is 4.47. The van der Waals surface area contributed by atoms with Crippen LogP contribution < -0.4 is 0 Å². The van der Waals surface area contributed by atoms with Gasteiger partial charge in [0.25, 0.3) is 15.0 Å². The van der Waals surface area contributed by atoms with Gasteiger partial charge in [-0.2, -0.15) is 0 Å². The van der Waals surface area contributed by atoms with Gasteiger partial charge in [-0.3, -0.25) is 4.79 Å². The van der Waals surface area contributed by atoms with Crippen LogP contribution in [0, 0.1) is 0 Å². The Morgan fingerprint density at radius 2 is 1.81 bits per heavy atom. The summed E-state index contributed by atoms with van der Waals surface area (Å²) in [6.07, 6.45) is 0.707. The minimum atomic E-state index is -4.15. The minimum absolute atomic E-state index is 0.0836. The molecule has 1 amide bonds. The smallest absolute Gasteiger partial charge is 0.262 e. The van der Waals surface area contributed by atoms with E-state index in [1.807, 2.05) is 13.8 Å². The molecule has 1 aromatic carbocycles. The second kappa shape index (κ2) is 6.92. The van der Waals surface area contributed by atoms with E-state index in [4.69, 9.17) is 45.5 Å². The Kier molecular flexibility index (Phi) is 6.21. The summed E-state index contributed by atoms with van der Waals surface area (Å²) < 4.78 is 23.0. The van der Waals surface area contributed by atoms with Gasteiger partial charge in [0.1, 0.15) is 4.90 Å². The summed E-state index contributed by atoms with van der Waals surface area (Å²) in [5.74, 6) is -0.525. The highest BCUT2D eigenvalue weighted by atomic mass is 35.7. The zero-order chi connectivity index (χ0) is 16.5. The van der Waals surface area contributed by atoms with Crippen molar-refractivity contribution in [1.29, 1.82) is 0 Å². The molecule has 0 heterocycles. The van der Waals surface area contributed by atoms with Crippen molar-refractivity contribution in [2.24, 2.45) is 0 Å². The van der Waals surface area contributed by atoms with Crippen molar-refractivity contribution in [2.75, 3.05) is 7.05 Å². The molecule has 0 spiro atoms. The van der Waals surface area contributed by atoms with Crippen molar-refractivity contribution < 1.29 is 13.2 Å². The van der Waals surface area contributed by atoms with E-state index in [1.165, 1.54) is 4.90 Å². The molecule has 0 fully saturated rings. The van der Waals surface area contributed by atoms with Gasteiger partial charge < -0.3 is 4.90 Å². The summed E-state index contributed by atoms with van der Waals surface area (Å²) in [5, 5.41) is -0.549. The van der Waals surface area contributed by atoms with Crippen LogP contribution in [0.3, 0.4) is 0 Å². The molecule has 0 saturated carbocycles. The highest BCUT2D eigenvalue weighted by Gasteiger charge is 2.28. The first-order valence-corrected chi connectivity index (χ1v) is 9.36. The summed E-state index contributed by atoms with van der Waals surface area (Å²) in [7, 11) is 2.71. The molecular formula is C12H13Cl4NO3S. The standard InChI is InChI=1S/C12H13Cl4NO3S/c1-4-6(2)17(3)12(18)9-10(14)7(13)5-8(11(9)15)21(16,19)20/h5-6H,4H2,1-3H3. The van der Waals surface area contributed by atoms with Gasteiger partial charge >= 0.3 is 0 Å². The first-order chi connectivity index (χ1) is 9.52. The van der Waals surface area contributed by atoms with Gasteiger partial charge in [-0.1, -0.05) is 41.7 Å². The molecule has 0 aromatic heterocycles. The average molecular weight is 393 g/mol. The molecule has 1 atom stereocenters. The van der Waals surface area contributed by atoms with Crippen molar-refractivity contribution >= 4 is 60.4 Å². The molecule has 0 aliphatic heterocycles. The van der Waals surface area contributed by atoms with Crippen molar-refractivity contribution in [3.05, 3.63) is 26.7 Å². The number of nitrogens with zero attached hydrogens (tertiary/aromatic N) is 1. The van der Waals surface area contributed by atoms with Crippen LogP contribution in [0.4, 0.5) is 0 Å². The monoisotopic (exact) mass is 391 g/mol. The van der Waals surface area contributed by atoms with E-state index in [9.17, 15) is 13.2 Å². The molecule has 9 heteroatoms. The van der Waals surface area contributed by atoms with Crippen LogP contribution in [0.15, 0.2) is 11.0 Å². The van der Waals surface area contributed by atoms with Crippen LogP contribution in [0.5, 0.6) is 0 Å². The molecular weight excluding hydrogens is 380 g/mol. The van der Waals surface area contributed by atoms with Crippen LogP contribution in [-0.4, -0.2) is 32.3 Å². The third-order valence-corrected chi connectivity index (χ3v) is 5.81.